The van der Waals surface area contributed by atoms with Crippen LogP contribution in [0.3, 0.4) is 0 Å². The summed E-state index contributed by atoms with van der Waals surface area (Å²) in [6.07, 6.45) is 6.21. The van der Waals surface area contributed by atoms with Gasteiger partial charge in [-0.1, -0.05) is 24.4 Å². The molecule has 0 radical (unpaired) electrons. The fourth-order valence-electron chi connectivity index (χ4n) is 3.88. The molecule has 13 heteroatoms. The summed E-state index contributed by atoms with van der Waals surface area (Å²) < 4.78 is 32.6. The molecule has 3 N–H and O–H groups in total. The second-order valence-electron chi connectivity index (χ2n) is 8.06. The SMILES string of the molecule is COC(=O)c1c(NC(=S)Nc2ccc(S(=O)(=O)Nc3ccc(Cl)nn3)cc2)sc2c1CCCCCC2. The molecule has 4 rings (SSSR count). The number of hydrogen-bond acceptors (Lipinski definition) is 8. The summed E-state index contributed by atoms with van der Waals surface area (Å²) in [4.78, 5) is 13.8. The van der Waals surface area contributed by atoms with Gasteiger partial charge in [0, 0.05) is 10.6 Å². The van der Waals surface area contributed by atoms with Gasteiger partial charge in [0.25, 0.3) is 10.0 Å². The van der Waals surface area contributed by atoms with Crippen molar-refractivity contribution in [3.8, 4) is 0 Å². The maximum absolute atomic E-state index is 12.6. The average molecular weight is 566 g/mol. The molecule has 0 fully saturated rings. The molecule has 0 saturated heterocycles. The Balaban J connectivity index is 1.46. The number of anilines is 3. The van der Waals surface area contributed by atoms with E-state index in [0.717, 1.165) is 37.7 Å². The molecule has 1 aromatic carbocycles. The molecule has 0 amide bonds. The number of thiophene rings is 1. The number of nitrogens with one attached hydrogen (secondary N) is 3. The van der Waals surface area contributed by atoms with Gasteiger partial charge in [-0.3, -0.25) is 4.72 Å². The highest BCUT2D eigenvalue weighted by molar-refractivity contribution is 7.92. The van der Waals surface area contributed by atoms with Crippen LogP contribution in [0.5, 0.6) is 0 Å². The van der Waals surface area contributed by atoms with E-state index in [1.54, 1.807) is 12.1 Å². The van der Waals surface area contributed by atoms with Crippen molar-refractivity contribution in [3.63, 3.8) is 0 Å². The summed E-state index contributed by atoms with van der Waals surface area (Å²) >= 11 is 12.7. The number of rotatable bonds is 6. The molecule has 190 valence electrons. The second-order valence-corrected chi connectivity index (χ2v) is 11.6. The maximum atomic E-state index is 12.6. The van der Waals surface area contributed by atoms with Gasteiger partial charge in [-0.05, 0) is 79.9 Å². The number of methoxy groups -OCH3 is 1. The molecule has 9 nitrogen and oxygen atoms in total. The lowest BCUT2D eigenvalue weighted by atomic mass is 9.96. The number of esters is 1. The van der Waals surface area contributed by atoms with Crippen LogP contribution in [0.25, 0.3) is 0 Å². The lowest BCUT2D eigenvalue weighted by Crippen LogP contribution is -2.20. The van der Waals surface area contributed by atoms with E-state index in [1.807, 2.05) is 0 Å². The van der Waals surface area contributed by atoms with Crippen LogP contribution >= 0.6 is 35.2 Å². The molecule has 0 atom stereocenters. The predicted octanol–water partition coefficient (Wildman–Crippen LogP) is 5.25. The highest BCUT2D eigenvalue weighted by atomic mass is 35.5. The van der Waals surface area contributed by atoms with Crippen LogP contribution in [0.4, 0.5) is 16.5 Å². The number of carbonyl (C=O) groups excluding carboxylic acids is 1. The standard InChI is InChI=1S/C23H24ClN5O4S3/c1-33-22(30)20-16-6-4-2-3-5-7-17(16)35-21(20)26-23(34)25-14-8-10-15(11-9-14)36(31,32)29-19-13-12-18(24)27-28-19/h8-13H,2-7H2,1H3,(H,28,29)(H2,25,26,34). The summed E-state index contributed by atoms with van der Waals surface area (Å²) in [5.41, 5.74) is 2.16. The van der Waals surface area contributed by atoms with E-state index >= 15 is 0 Å². The number of nitrogens with zero attached hydrogens (tertiary/aromatic N) is 2. The molecule has 2 aromatic heterocycles. The van der Waals surface area contributed by atoms with Crippen LogP contribution in [-0.2, 0) is 27.6 Å². The fraction of sp³-hybridized carbons (Fsp3) is 0.304. The van der Waals surface area contributed by atoms with Gasteiger partial charge in [0.15, 0.2) is 16.1 Å². The number of ether oxygens (including phenoxy) is 1. The van der Waals surface area contributed by atoms with Crippen LogP contribution < -0.4 is 15.4 Å². The topological polar surface area (TPSA) is 122 Å². The third kappa shape index (κ3) is 6.30. The average Bonchev–Trinajstić information content (AvgIpc) is 3.15. The second kappa shape index (κ2) is 11.5. The van der Waals surface area contributed by atoms with Gasteiger partial charge in [-0.15, -0.1) is 21.5 Å². The number of hydrogen-bond donors (Lipinski definition) is 3. The highest BCUT2D eigenvalue weighted by Crippen LogP contribution is 2.37. The summed E-state index contributed by atoms with van der Waals surface area (Å²) in [6, 6.07) is 8.91. The van der Waals surface area contributed by atoms with Gasteiger partial charge in [-0.2, -0.15) is 0 Å². The lowest BCUT2D eigenvalue weighted by Gasteiger charge is -2.12. The minimum Gasteiger partial charge on any atom is -0.465 e. The Labute approximate surface area is 223 Å². The minimum absolute atomic E-state index is 0.0368. The number of fused-ring (bicyclic) bond motifs is 1. The summed E-state index contributed by atoms with van der Waals surface area (Å²) in [7, 11) is -2.49. The van der Waals surface area contributed by atoms with E-state index in [2.05, 4.69) is 25.6 Å². The normalized spacial score (nSPS) is 13.6. The van der Waals surface area contributed by atoms with Crippen molar-refractivity contribution in [1.29, 1.82) is 0 Å². The maximum Gasteiger partial charge on any atom is 0.341 e. The van der Waals surface area contributed by atoms with Gasteiger partial charge in [0.2, 0.25) is 0 Å². The first-order valence-electron chi connectivity index (χ1n) is 11.2. The number of aryl methyl sites for hydroxylation is 1. The first-order chi connectivity index (χ1) is 17.3. The van der Waals surface area contributed by atoms with E-state index in [1.165, 1.54) is 54.0 Å². The molecule has 0 aliphatic heterocycles. The van der Waals surface area contributed by atoms with E-state index in [0.29, 0.717) is 16.3 Å². The Bertz CT molecular complexity index is 1360. The smallest absolute Gasteiger partial charge is 0.341 e. The van der Waals surface area contributed by atoms with Crippen LogP contribution in [0, 0.1) is 0 Å². The number of carbonyl (C=O) groups is 1. The number of benzene rings is 1. The molecule has 0 saturated carbocycles. The molecular weight excluding hydrogens is 542 g/mol. The van der Waals surface area contributed by atoms with Gasteiger partial charge in [-0.25, -0.2) is 13.2 Å². The van der Waals surface area contributed by atoms with Crippen LogP contribution in [0.15, 0.2) is 41.3 Å². The molecule has 0 bridgehead atoms. The summed E-state index contributed by atoms with van der Waals surface area (Å²) in [5, 5.41) is 14.6. The predicted molar refractivity (Wildman–Crippen MR) is 146 cm³/mol. The Morgan fingerprint density at radius 2 is 1.75 bits per heavy atom. The summed E-state index contributed by atoms with van der Waals surface area (Å²) in [6.45, 7) is 0. The quantitative estimate of drug-likeness (QED) is 0.272. The molecule has 2 heterocycles. The number of sulfonamides is 1. The van der Waals surface area contributed by atoms with Crippen molar-refractivity contribution < 1.29 is 17.9 Å². The molecule has 3 aromatic rings. The van der Waals surface area contributed by atoms with Crippen molar-refractivity contribution in [1.82, 2.24) is 10.2 Å². The van der Waals surface area contributed by atoms with Crippen LogP contribution in [-0.4, -0.2) is 36.8 Å². The Morgan fingerprint density at radius 3 is 2.42 bits per heavy atom. The molecule has 1 aliphatic carbocycles. The largest absolute Gasteiger partial charge is 0.465 e. The van der Waals surface area contributed by atoms with E-state index in [-0.39, 0.29) is 26.9 Å². The number of aromatic nitrogens is 2. The van der Waals surface area contributed by atoms with Crippen LogP contribution in [0.1, 0.15) is 46.5 Å². The Kier molecular flexibility index (Phi) is 8.39. The Morgan fingerprint density at radius 1 is 1.03 bits per heavy atom. The van der Waals surface area contributed by atoms with Gasteiger partial charge < -0.3 is 15.4 Å². The zero-order chi connectivity index (χ0) is 25.7. The van der Waals surface area contributed by atoms with Crippen LogP contribution in [0.2, 0.25) is 5.15 Å². The first kappa shape index (κ1) is 26.3. The molecule has 1 aliphatic rings. The third-order valence-corrected chi connectivity index (χ3v) is 8.56. The number of halogens is 1. The molecular formula is C23H24ClN5O4S3. The van der Waals surface area contributed by atoms with Crippen molar-refractivity contribution in [3.05, 3.63) is 57.6 Å². The zero-order valence-corrected chi connectivity index (χ0v) is 22.5. The molecule has 36 heavy (non-hydrogen) atoms. The summed E-state index contributed by atoms with van der Waals surface area (Å²) in [5.74, 6) is -0.329. The molecule has 0 unspecified atom stereocenters. The lowest BCUT2D eigenvalue weighted by molar-refractivity contribution is 0.0601. The zero-order valence-electron chi connectivity index (χ0n) is 19.3. The highest BCUT2D eigenvalue weighted by Gasteiger charge is 2.25. The third-order valence-electron chi connectivity index (χ3n) is 5.58. The van der Waals surface area contributed by atoms with E-state index in [4.69, 9.17) is 28.6 Å². The van der Waals surface area contributed by atoms with Gasteiger partial charge in [0.05, 0.1) is 17.6 Å². The van der Waals surface area contributed by atoms with E-state index < -0.39 is 10.0 Å². The Hall–Kier alpha value is -2.80. The monoisotopic (exact) mass is 565 g/mol. The van der Waals surface area contributed by atoms with Crippen molar-refractivity contribution in [2.24, 2.45) is 0 Å². The van der Waals surface area contributed by atoms with E-state index in [9.17, 15) is 13.2 Å². The molecule has 0 spiro atoms. The number of thiocarbonyl (C=S) groups is 1. The van der Waals surface area contributed by atoms with Crippen molar-refractivity contribution in [2.75, 3.05) is 22.5 Å². The van der Waals surface area contributed by atoms with Gasteiger partial charge >= 0.3 is 5.97 Å². The van der Waals surface area contributed by atoms with Crippen molar-refractivity contribution >= 4 is 72.8 Å². The first-order valence-corrected chi connectivity index (χ1v) is 14.3. The minimum atomic E-state index is -3.87. The van der Waals surface area contributed by atoms with Gasteiger partial charge in [0.1, 0.15) is 5.00 Å². The van der Waals surface area contributed by atoms with Crippen molar-refractivity contribution in [2.45, 2.75) is 43.4 Å². The fourth-order valence-corrected chi connectivity index (χ4v) is 6.54.